The largest absolute Gasteiger partial charge is 0.496 e. The number of hydrogen-bond acceptors (Lipinski definition) is 5. The molecule has 1 saturated heterocycles. The van der Waals surface area contributed by atoms with E-state index in [2.05, 4.69) is 10.3 Å². The van der Waals surface area contributed by atoms with Crippen LogP contribution in [-0.4, -0.2) is 40.6 Å². The zero-order chi connectivity index (χ0) is 20.4. The summed E-state index contributed by atoms with van der Waals surface area (Å²) in [6.45, 7) is 3.36. The minimum atomic E-state index is -0.504. The van der Waals surface area contributed by atoms with E-state index in [9.17, 15) is 9.18 Å². The predicted molar refractivity (Wildman–Crippen MR) is 106 cm³/mol. The Morgan fingerprint density at radius 2 is 2.14 bits per heavy atom. The van der Waals surface area contributed by atoms with E-state index in [1.807, 2.05) is 17.5 Å². The molecule has 7 nitrogen and oxygen atoms in total. The van der Waals surface area contributed by atoms with Crippen LogP contribution in [0.5, 0.6) is 5.75 Å². The smallest absolute Gasteiger partial charge is 0.260 e. The molecular weight excluding hydrogens is 375 g/mol. The van der Waals surface area contributed by atoms with Crippen LogP contribution >= 0.6 is 0 Å². The van der Waals surface area contributed by atoms with Gasteiger partial charge in [-0.3, -0.25) is 9.78 Å². The van der Waals surface area contributed by atoms with Gasteiger partial charge in [-0.1, -0.05) is 6.92 Å². The lowest BCUT2D eigenvalue weighted by molar-refractivity contribution is 0.0846. The number of carbonyl (C=O) groups excluding carboxylic acids is 1. The molecule has 1 aliphatic heterocycles. The molecule has 0 spiro atoms. The zero-order valence-corrected chi connectivity index (χ0v) is 16.4. The van der Waals surface area contributed by atoms with Crippen LogP contribution in [0, 0.1) is 5.82 Å². The summed E-state index contributed by atoms with van der Waals surface area (Å²) < 4.78 is 26.3. The van der Waals surface area contributed by atoms with Gasteiger partial charge in [0.2, 0.25) is 0 Å². The molecule has 1 fully saturated rings. The standard InChI is InChI=1S/C21H23FN4O3/c1-3-16-17(8-14(22)10-23-16)25-21(27)15-11-26-12-18(13-4-6-29-7-5-13)24-20(26)9-19(15)28-2/h8-13H,3-7H2,1-2H3,(H,25,27). The highest BCUT2D eigenvalue weighted by Gasteiger charge is 2.21. The van der Waals surface area contributed by atoms with Gasteiger partial charge in [0.25, 0.3) is 5.91 Å². The van der Waals surface area contributed by atoms with E-state index in [-0.39, 0.29) is 0 Å². The number of nitrogens with zero attached hydrogens (tertiary/aromatic N) is 3. The first-order chi connectivity index (χ1) is 14.1. The predicted octanol–water partition coefficient (Wildman–Crippen LogP) is 3.59. The minimum Gasteiger partial charge on any atom is -0.496 e. The molecule has 0 atom stereocenters. The lowest BCUT2D eigenvalue weighted by Crippen LogP contribution is -2.16. The third-order valence-electron chi connectivity index (χ3n) is 5.20. The fraction of sp³-hybridized carbons (Fsp3) is 0.381. The van der Waals surface area contributed by atoms with Crippen LogP contribution < -0.4 is 10.1 Å². The van der Waals surface area contributed by atoms with Crippen molar-refractivity contribution in [1.29, 1.82) is 0 Å². The summed E-state index contributed by atoms with van der Waals surface area (Å²) in [5.41, 5.74) is 3.00. The molecule has 1 aliphatic rings. The Morgan fingerprint density at radius 3 is 2.86 bits per heavy atom. The summed E-state index contributed by atoms with van der Waals surface area (Å²) in [4.78, 5) is 21.7. The van der Waals surface area contributed by atoms with Crippen molar-refractivity contribution in [3.05, 3.63) is 53.5 Å². The Hall–Kier alpha value is -3.00. The summed E-state index contributed by atoms with van der Waals surface area (Å²) in [6.07, 6.45) is 7.22. The number of aryl methyl sites for hydroxylation is 1. The SMILES string of the molecule is CCc1ncc(F)cc1NC(=O)c1cn2cc(C3CCOCC3)nc2cc1OC. The molecule has 29 heavy (non-hydrogen) atoms. The maximum atomic E-state index is 13.6. The molecule has 1 amide bonds. The highest BCUT2D eigenvalue weighted by Crippen LogP contribution is 2.29. The molecule has 0 bridgehead atoms. The summed E-state index contributed by atoms with van der Waals surface area (Å²) in [7, 11) is 1.51. The molecule has 8 heteroatoms. The van der Waals surface area contributed by atoms with Crippen LogP contribution in [0.3, 0.4) is 0 Å². The van der Waals surface area contributed by atoms with E-state index in [0.29, 0.717) is 40.7 Å². The van der Waals surface area contributed by atoms with Crippen molar-refractivity contribution in [1.82, 2.24) is 14.4 Å². The Bertz CT molecular complexity index is 1040. The van der Waals surface area contributed by atoms with Crippen LogP contribution in [0.1, 0.15) is 47.4 Å². The van der Waals surface area contributed by atoms with E-state index in [4.69, 9.17) is 14.5 Å². The number of amides is 1. The van der Waals surface area contributed by atoms with Gasteiger partial charge in [0, 0.05) is 43.7 Å². The highest BCUT2D eigenvalue weighted by atomic mass is 19.1. The molecule has 0 aliphatic carbocycles. The molecule has 4 heterocycles. The van der Waals surface area contributed by atoms with Crippen LogP contribution in [-0.2, 0) is 11.2 Å². The number of imidazole rings is 1. The highest BCUT2D eigenvalue weighted by molar-refractivity contribution is 6.06. The van der Waals surface area contributed by atoms with Crippen molar-refractivity contribution in [3.63, 3.8) is 0 Å². The Kier molecular flexibility index (Phi) is 5.44. The van der Waals surface area contributed by atoms with E-state index in [1.54, 1.807) is 12.3 Å². The summed E-state index contributed by atoms with van der Waals surface area (Å²) in [5.74, 6) is -0.151. The molecule has 0 radical (unpaired) electrons. The van der Waals surface area contributed by atoms with Gasteiger partial charge in [-0.05, 0) is 19.3 Å². The number of rotatable bonds is 5. The third kappa shape index (κ3) is 3.93. The molecule has 3 aromatic rings. The first kappa shape index (κ1) is 19.3. The van der Waals surface area contributed by atoms with Crippen molar-refractivity contribution in [2.75, 3.05) is 25.6 Å². The second-order valence-electron chi connectivity index (χ2n) is 7.03. The Morgan fingerprint density at radius 1 is 1.34 bits per heavy atom. The maximum absolute atomic E-state index is 13.6. The van der Waals surface area contributed by atoms with E-state index < -0.39 is 11.7 Å². The molecule has 4 rings (SSSR count). The van der Waals surface area contributed by atoms with Crippen molar-refractivity contribution in [2.45, 2.75) is 32.1 Å². The average molecular weight is 398 g/mol. The Labute approximate surface area is 167 Å². The fourth-order valence-corrected chi connectivity index (χ4v) is 3.61. The van der Waals surface area contributed by atoms with Gasteiger partial charge in [-0.15, -0.1) is 0 Å². The fourth-order valence-electron chi connectivity index (χ4n) is 3.61. The average Bonchev–Trinajstić information content (AvgIpc) is 3.16. The number of aromatic nitrogens is 3. The number of pyridine rings is 2. The Balaban J connectivity index is 1.67. The third-order valence-corrected chi connectivity index (χ3v) is 5.20. The van der Waals surface area contributed by atoms with Gasteiger partial charge in [0.15, 0.2) is 0 Å². The number of nitrogens with one attached hydrogen (secondary N) is 1. The van der Waals surface area contributed by atoms with Gasteiger partial charge in [0.1, 0.15) is 17.2 Å². The first-order valence-corrected chi connectivity index (χ1v) is 9.69. The monoisotopic (exact) mass is 398 g/mol. The lowest BCUT2D eigenvalue weighted by atomic mass is 9.97. The summed E-state index contributed by atoms with van der Waals surface area (Å²) >= 11 is 0. The van der Waals surface area contributed by atoms with Crippen LogP contribution in [0.2, 0.25) is 0 Å². The number of methoxy groups -OCH3 is 1. The number of fused-ring (bicyclic) bond motifs is 1. The number of halogens is 1. The second kappa shape index (κ2) is 8.16. The molecule has 1 N–H and O–H groups in total. The van der Waals surface area contributed by atoms with E-state index >= 15 is 0 Å². The second-order valence-corrected chi connectivity index (χ2v) is 7.03. The van der Waals surface area contributed by atoms with Crippen LogP contribution in [0.4, 0.5) is 10.1 Å². The van der Waals surface area contributed by atoms with Gasteiger partial charge in [0.05, 0.1) is 35.9 Å². The van der Waals surface area contributed by atoms with Crippen molar-refractivity contribution < 1.29 is 18.7 Å². The zero-order valence-electron chi connectivity index (χ0n) is 16.4. The van der Waals surface area contributed by atoms with Gasteiger partial charge < -0.3 is 19.2 Å². The minimum absolute atomic E-state index is 0.335. The van der Waals surface area contributed by atoms with Crippen molar-refractivity contribution >= 4 is 17.2 Å². The van der Waals surface area contributed by atoms with Crippen LogP contribution in [0.25, 0.3) is 5.65 Å². The van der Waals surface area contributed by atoms with Crippen molar-refractivity contribution in [2.24, 2.45) is 0 Å². The molecule has 0 saturated carbocycles. The molecule has 0 aromatic carbocycles. The summed E-state index contributed by atoms with van der Waals surface area (Å²) in [6, 6.07) is 3.01. The first-order valence-electron chi connectivity index (χ1n) is 9.69. The number of carbonyl (C=O) groups is 1. The van der Waals surface area contributed by atoms with Gasteiger partial charge >= 0.3 is 0 Å². The number of hydrogen-bond donors (Lipinski definition) is 1. The van der Waals surface area contributed by atoms with E-state index in [0.717, 1.165) is 37.9 Å². The van der Waals surface area contributed by atoms with E-state index in [1.165, 1.54) is 13.2 Å². The molecule has 3 aromatic heterocycles. The lowest BCUT2D eigenvalue weighted by Gasteiger charge is -2.19. The van der Waals surface area contributed by atoms with Crippen LogP contribution in [0.15, 0.2) is 30.7 Å². The van der Waals surface area contributed by atoms with Gasteiger partial charge in [-0.2, -0.15) is 0 Å². The number of ether oxygens (including phenoxy) is 2. The molecule has 152 valence electrons. The normalized spacial score (nSPS) is 14.9. The number of anilines is 1. The summed E-state index contributed by atoms with van der Waals surface area (Å²) in [5, 5.41) is 2.76. The van der Waals surface area contributed by atoms with Crippen molar-refractivity contribution in [3.8, 4) is 5.75 Å². The topological polar surface area (TPSA) is 77.8 Å². The molecule has 0 unspecified atom stereocenters. The van der Waals surface area contributed by atoms with Gasteiger partial charge in [-0.25, -0.2) is 9.37 Å². The quantitative estimate of drug-likeness (QED) is 0.711. The maximum Gasteiger partial charge on any atom is 0.260 e. The molecular formula is C21H23FN4O3.